The number of nitrogens with zero attached hydrogens (tertiary/aromatic N) is 2. The van der Waals surface area contributed by atoms with E-state index in [1.807, 2.05) is 29.2 Å². The fourth-order valence-electron chi connectivity index (χ4n) is 3.27. The Labute approximate surface area is 200 Å². The fourth-order valence-corrected chi connectivity index (χ4v) is 4.14. The lowest BCUT2D eigenvalue weighted by atomic mass is 10.1. The van der Waals surface area contributed by atoms with Gasteiger partial charge >= 0.3 is 0 Å². The zero-order valence-electron chi connectivity index (χ0n) is 17.6. The summed E-state index contributed by atoms with van der Waals surface area (Å²) in [5.74, 6) is 2.10. The SMILES string of the molecule is CCNC(=NCC(C)Cc1cccs1)NCCCN1C(=O)COc2ccccc21.I. The highest BCUT2D eigenvalue weighted by molar-refractivity contribution is 14.0. The number of halogens is 1. The molecule has 2 aromatic rings. The number of ether oxygens (including phenoxy) is 1. The average Bonchev–Trinajstić information content (AvgIpc) is 3.23. The molecule has 164 valence electrons. The standard InChI is InChI=1S/C22H30N4O2S.HI/c1-3-23-22(25-15-17(2)14-18-8-6-13-29-18)24-11-7-12-26-19-9-4-5-10-20(19)28-16-21(26)27;/h4-6,8-10,13,17H,3,7,11-12,14-16H2,1-2H3,(H2,23,24,25);1H. The van der Waals surface area contributed by atoms with Crippen LogP contribution in [-0.2, 0) is 11.2 Å². The number of anilines is 1. The van der Waals surface area contributed by atoms with Crippen LogP contribution in [0.4, 0.5) is 5.69 Å². The van der Waals surface area contributed by atoms with Crippen LogP contribution in [0.2, 0.25) is 0 Å². The molecule has 1 aliphatic rings. The Hall–Kier alpha value is -1.81. The number of rotatable bonds is 9. The molecule has 8 heteroatoms. The summed E-state index contributed by atoms with van der Waals surface area (Å²) in [4.78, 5) is 20.2. The van der Waals surface area contributed by atoms with E-state index in [0.29, 0.717) is 12.5 Å². The maximum Gasteiger partial charge on any atom is 0.265 e. The minimum absolute atomic E-state index is 0. The highest BCUT2D eigenvalue weighted by atomic mass is 127. The molecule has 3 rings (SSSR count). The first-order valence-corrected chi connectivity index (χ1v) is 11.1. The molecule has 1 aromatic heterocycles. The molecule has 2 heterocycles. The number of benzene rings is 1. The largest absolute Gasteiger partial charge is 0.482 e. The third kappa shape index (κ3) is 7.16. The molecule has 0 saturated heterocycles. The number of aliphatic imine (C=N–C) groups is 1. The van der Waals surface area contributed by atoms with Crippen LogP contribution in [0, 0.1) is 5.92 Å². The Morgan fingerprint density at radius 1 is 1.27 bits per heavy atom. The van der Waals surface area contributed by atoms with E-state index in [9.17, 15) is 4.79 Å². The molecule has 30 heavy (non-hydrogen) atoms. The molecule has 0 bridgehead atoms. The van der Waals surface area contributed by atoms with E-state index < -0.39 is 0 Å². The smallest absolute Gasteiger partial charge is 0.265 e. The molecular weight excluding hydrogens is 511 g/mol. The number of amides is 1. The van der Waals surface area contributed by atoms with Crippen molar-refractivity contribution in [2.45, 2.75) is 26.7 Å². The van der Waals surface area contributed by atoms with E-state index in [1.165, 1.54) is 4.88 Å². The lowest BCUT2D eigenvalue weighted by molar-refractivity contribution is -0.121. The normalized spacial score (nSPS) is 14.4. The molecule has 1 unspecified atom stereocenters. The highest BCUT2D eigenvalue weighted by Gasteiger charge is 2.24. The van der Waals surface area contributed by atoms with Gasteiger partial charge in [0.2, 0.25) is 0 Å². The molecule has 6 nitrogen and oxygen atoms in total. The average molecular weight is 542 g/mol. The van der Waals surface area contributed by atoms with Gasteiger partial charge in [0.15, 0.2) is 12.6 Å². The Bertz CT molecular complexity index is 813. The van der Waals surface area contributed by atoms with Crippen molar-refractivity contribution >= 4 is 52.9 Å². The van der Waals surface area contributed by atoms with Gasteiger partial charge in [0.05, 0.1) is 5.69 Å². The third-order valence-corrected chi connectivity index (χ3v) is 5.59. The van der Waals surface area contributed by atoms with E-state index in [1.54, 1.807) is 11.3 Å². The highest BCUT2D eigenvalue weighted by Crippen LogP contribution is 2.31. The van der Waals surface area contributed by atoms with Crippen LogP contribution < -0.4 is 20.3 Å². The molecule has 1 amide bonds. The number of carbonyl (C=O) groups excluding carboxylic acids is 1. The molecule has 1 aliphatic heterocycles. The summed E-state index contributed by atoms with van der Waals surface area (Å²) in [6, 6.07) is 12.0. The number of hydrogen-bond donors (Lipinski definition) is 2. The van der Waals surface area contributed by atoms with E-state index in [4.69, 9.17) is 9.73 Å². The maximum atomic E-state index is 12.2. The fraction of sp³-hybridized carbons (Fsp3) is 0.455. The predicted molar refractivity (Wildman–Crippen MR) is 135 cm³/mol. The lowest BCUT2D eigenvalue weighted by Crippen LogP contribution is -2.42. The summed E-state index contributed by atoms with van der Waals surface area (Å²) in [5, 5.41) is 8.81. The summed E-state index contributed by atoms with van der Waals surface area (Å²) in [6.45, 7) is 7.40. The number of guanidine groups is 1. The number of fused-ring (bicyclic) bond motifs is 1. The summed E-state index contributed by atoms with van der Waals surface area (Å²) >= 11 is 1.80. The molecular formula is C22H31IN4O2S. The zero-order chi connectivity index (χ0) is 20.5. The van der Waals surface area contributed by atoms with Crippen LogP contribution >= 0.6 is 35.3 Å². The monoisotopic (exact) mass is 542 g/mol. The van der Waals surface area contributed by atoms with Crippen LogP contribution in [0.5, 0.6) is 5.75 Å². The molecule has 0 radical (unpaired) electrons. The van der Waals surface area contributed by atoms with E-state index >= 15 is 0 Å². The Morgan fingerprint density at radius 2 is 2.10 bits per heavy atom. The van der Waals surface area contributed by atoms with Gasteiger partial charge in [-0.2, -0.15) is 0 Å². The second-order valence-electron chi connectivity index (χ2n) is 7.19. The topological polar surface area (TPSA) is 66.0 Å². The van der Waals surface area contributed by atoms with E-state index in [0.717, 1.165) is 49.9 Å². The van der Waals surface area contributed by atoms with Gasteiger partial charge < -0.3 is 20.3 Å². The Morgan fingerprint density at radius 3 is 2.87 bits per heavy atom. The molecule has 1 atom stereocenters. The van der Waals surface area contributed by atoms with Crippen LogP contribution in [0.1, 0.15) is 25.1 Å². The second kappa shape index (κ2) is 12.8. The molecule has 0 aliphatic carbocycles. The summed E-state index contributed by atoms with van der Waals surface area (Å²) in [5.41, 5.74) is 0.853. The van der Waals surface area contributed by atoms with Crippen molar-refractivity contribution in [1.29, 1.82) is 0 Å². The Kier molecular flexibility index (Phi) is 10.4. The van der Waals surface area contributed by atoms with E-state index in [2.05, 4.69) is 42.0 Å². The maximum absolute atomic E-state index is 12.2. The van der Waals surface area contributed by atoms with Crippen molar-refractivity contribution in [2.24, 2.45) is 10.9 Å². The van der Waals surface area contributed by atoms with Crippen LogP contribution in [0.25, 0.3) is 0 Å². The van der Waals surface area contributed by atoms with Crippen molar-refractivity contribution in [3.63, 3.8) is 0 Å². The summed E-state index contributed by atoms with van der Waals surface area (Å²) in [6.07, 6.45) is 1.88. The van der Waals surface area contributed by atoms with Gasteiger partial charge in [-0.3, -0.25) is 9.79 Å². The van der Waals surface area contributed by atoms with Crippen LogP contribution in [0.15, 0.2) is 46.8 Å². The lowest BCUT2D eigenvalue weighted by Gasteiger charge is -2.29. The van der Waals surface area contributed by atoms with Crippen molar-refractivity contribution in [2.75, 3.05) is 37.7 Å². The van der Waals surface area contributed by atoms with Gasteiger partial charge in [-0.15, -0.1) is 35.3 Å². The number of thiophene rings is 1. The van der Waals surface area contributed by atoms with Gasteiger partial charge in [-0.25, -0.2) is 0 Å². The molecule has 1 aromatic carbocycles. The van der Waals surface area contributed by atoms with Gasteiger partial charge in [-0.05, 0) is 49.3 Å². The van der Waals surface area contributed by atoms with Crippen molar-refractivity contribution in [1.82, 2.24) is 10.6 Å². The first-order valence-electron chi connectivity index (χ1n) is 10.2. The van der Waals surface area contributed by atoms with Crippen molar-refractivity contribution in [3.8, 4) is 5.75 Å². The Balaban J connectivity index is 0.00000320. The molecule has 0 saturated carbocycles. The minimum atomic E-state index is 0. The predicted octanol–water partition coefficient (Wildman–Crippen LogP) is 3.92. The number of hydrogen-bond acceptors (Lipinski definition) is 4. The second-order valence-corrected chi connectivity index (χ2v) is 8.22. The molecule has 0 fully saturated rings. The summed E-state index contributed by atoms with van der Waals surface area (Å²) in [7, 11) is 0. The minimum Gasteiger partial charge on any atom is -0.482 e. The number of para-hydroxylation sites is 2. The first kappa shape index (κ1) is 24.5. The number of carbonyl (C=O) groups is 1. The van der Waals surface area contributed by atoms with Crippen LogP contribution in [0.3, 0.4) is 0 Å². The third-order valence-electron chi connectivity index (χ3n) is 4.69. The van der Waals surface area contributed by atoms with Gasteiger partial charge in [-0.1, -0.05) is 25.1 Å². The molecule has 0 spiro atoms. The zero-order valence-corrected chi connectivity index (χ0v) is 20.7. The van der Waals surface area contributed by atoms with Gasteiger partial charge in [0.25, 0.3) is 5.91 Å². The van der Waals surface area contributed by atoms with Crippen molar-refractivity contribution < 1.29 is 9.53 Å². The van der Waals surface area contributed by atoms with Crippen molar-refractivity contribution in [3.05, 3.63) is 46.7 Å². The van der Waals surface area contributed by atoms with E-state index in [-0.39, 0.29) is 36.5 Å². The van der Waals surface area contributed by atoms with Gasteiger partial charge in [0.1, 0.15) is 5.75 Å². The van der Waals surface area contributed by atoms with Crippen LogP contribution in [-0.4, -0.2) is 44.7 Å². The summed E-state index contributed by atoms with van der Waals surface area (Å²) < 4.78 is 5.50. The quantitative estimate of drug-likeness (QED) is 0.218. The number of nitrogens with one attached hydrogen (secondary N) is 2. The first-order chi connectivity index (χ1) is 14.2. The van der Waals surface area contributed by atoms with Gasteiger partial charge in [0, 0.05) is 31.1 Å². The molecule has 2 N–H and O–H groups in total.